The minimum absolute atomic E-state index is 0.422. The van der Waals surface area contributed by atoms with E-state index in [9.17, 15) is 5.11 Å². The van der Waals surface area contributed by atoms with Gasteiger partial charge in [-0.25, -0.2) is 0 Å². The van der Waals surface area contributed by atoms with Crippen LogP contribution in [0.3, 0.4) is 0 Å². The van der Waals surface area contributed by atoms with Gasteiger partial charge in [-0.05, 0) is 43.4 Å². The second-order valence-electron chi connectivity index (χ2n) is 6.11. The highest BCUT2D eigenvalue weighted by Crippen LogP contribution is 2.31. The molecule has 0 aromatic heterocycles. The lowest BCUT2D eigenvalue weighted by Gasteiger charge is -2.36. The van der Waals surface area contributed by atoms with Crippen molar-refractivity contribution in [2.45, 2.75) is 25.9 Å². The molecule has 0 radical (unpaired) electrons. The van der Waals surface area contributed by atoms with Gasteiger partial charge in [0.25, 0.3) is 0 Å². The SMILES string of the molecule is C[C@@H](O)c1ccc(N2CCN(CC3CC3)CC2)cc1Br. The van der Waals surface area contributed by atoms with Gasteiger partial charge in [0.15, 0.2) is 0 Å². The topological polar surface area (TPSA) is 26.7 Å². The van der Waals surface area contributed by atoms with Crippen LogP contribution in [0.15, 0.2) is 22.7 Å². The predicted octanol–water partition coefficient (Wildman–Crippen LogP) is 3.03. The molecule has 1 heterocycles. The van der Waals surface area contributed by atoms with Crippen LogP contribution in [-0.2, 0) is 0 Å². The van der Waals surface area contributed by atoms with E-state index in [-0.39, 0.29) is 0 Å². The number of anilines is 1. The quantitative estimate of drug-likeness (QED) is 0.913. The summed E-state index contributed by atoms with van der Waals surface area (Å²) in [5.74, 6) is 0.987. The summed E-state index contributed by atoms with van der Waals surface area (Å²) in [6.45, 7) is 7.66. The molecule has 4 heteroatoms. The molecule has 1 atom stereocenters. The molecule has 1 aromatic carbocycles. The zero-order chi connectivity index (χ0) is 14.1. The van der Waals surface area contributed by atoms with Crippen LogP contribution in [0.1, 0.15) is 31.4 Å². The summed E-state index contributed by atoms with van der Waals surface area (Å²) in [5.41, 5.74) is 2.22. The number of rotatable bonds is 4. The molecule has 3 rings (SSSR count). The Morgan fingerprint density at radius 2 is 1.95 bits per heavy atom. The maximum atomic E-state index is 9.68. The number of hydrogen-bond donors (Lipinski definition) is 1. The van der Waals surface area contributed by atoms with Crippen molar-refractivity contribution in [2.24, 2.45) is 5.92 Å². The summed E-state index contributed by atoms with van der Waals surface area (Å²) in [6, 6.07) is 6.29. The lowest BCUT2D eigenvalue weighted by Crippen LogP contribution is -2.47. The van der Waals surface area contributed by atoms with Crippen molar-refractivity contribution >= 4 is 21.6 Å². The first-order chi connectivity index (χ1) is 9.63. The predicted molar refractivity (Wildman–Crippen MR) is 86.2 cm³/mol. The van der Waals surface area contributed by atoms with E-state index < -0.39 is 6.10 Å². The third kappa shape index (κ3) is 3.35. The van der Waals surface area contributed by atoms with E-state index in [1.54, 1.807) is 6.92 Å². The summed E-state index contributed by atoms with van der Waals surface area (Å²) in [6.07, 6.45) is 2.45. The molecular formula is C16H23BrN2O. The Labute approximate surface area is 129 Å². The van der Waals surface area contributed by atoms with Crippen molar-refractivity contribution in [3.63, 3.8) is 0 Å². The van der Waals surface area contributed by atoms with Crippen molar-refractivity contribution in [3.05, 3.63) is 28.2 Å². The lowest BCUT2D eigenvalue weighted by atomic mass is 10.1. The summed E-state index contributed by atoms with van der Waals surface area (Å²) < 4.78 is 1.01. The molecule has 0 unspecified atom stereocenters. The molecule has 2 aliphatic rings. The van der Waals surface area contributed by atoms with Gasteiger partial charge in [0.05, 0.1) is 6.10 Å². The Morgan fingerprint density at radius 3 is 2.50 bits per heavy atom. The third-order valence-corrected chi connectivity index (χ3v) is 5.07. The van der Waals surface area contributed by atoms with Gasteiger partial charge in [-0.15, -0.1) is 0 Å². The Kier molecular flexibility index (Phi) is 4.34. The molecule has 0 amide bonds. The van der Waals surface area contributed by atoms with E-state index in [0.29, 0.717) is 0 Å². The first-order valence-corrected chi connectivity index (χ1v) is 8.37. The normalized spacial score (nSPS) is 22.1. The maximum absolute atomic E-state index is 9.68. The Morgan fingerprint density at radius 1 is 1.25 bits per heavy atom. The smallest absolute Gasteiger partial charge is 0.0772 e. The van der Waals surface area contributed by atoms with Gasteiger partial charge >= 0.3 is 0 Å². The maximum Gasteiger partial charge on any atom is 0.0772 e. The number of aliphatic hydroxyl groups excluding tert-OH is 1. The summed E-state index contributed by atoms with van der Waals surface area (Å²) in [5, 5.41) is 9.68. The largest absolute Gasteiger partial charge is 0.389 e. The lowest BCUT2D eigenvalue weighted by molar-refractivity contribution is 0.198. The fourth-order valence-electron chi connectivity index (χ4n) is 2.91. The molecule has 20 heavy (non-hydrogen) atoms. The molecule has 1 aliphatic carbocycles. The highest BCUT2D eigenvalue weighted by atomic mass is 79.9. The first kappa shape index (κ1) is 14.4. The van der Waals surface area contributed by atoms with Gasteiger partial charge in [-0.3, -0.25) is 4.90 Å². The molecule has 0 spiro atoms. The zero-order valence-corrected chi connectivity index (χ0v) is 13.6. The second-order valence-corrected chi connectivity index (χ2v) is 6.97. The Balaban J connectivity index is 1.61. The molecule has 1 N–H and O–H groups in total. The van der Waals surface area contributed by atoms with Crippen LogP contribution in [0.2, 0.25) is 0 Å². The molecule has 110 valence electrons. The minimum atomic E-state index is -0.422. The number of aliphatic hydroxyl groups is 1. The standard InChI is InChI=1S/C16H23BrN2O/c1-12(20)15-5-4-14(10-16(15)17)19-8-6-18(7-9-19)11-13-2-3-13/h4-5,10,12-13,20H,2-3,6-9,11H2,1H3/t12-/m1/s1. The van der Waals surface area contributed by atoms with Crippen molar-refractivity contribution in [2.75, 3.05) is 37.6 Å². The van der Waals surface area contributed by atoms with Gasteiger partial charge in [0, 0.05) is 42.9 Å². The molecule has 3 nitrogen and oxygen atoms in total. The molecule has 1 aromatic rings. The van der Waals surface area contributed by atoms with Crippen LogP contribution < -0.4 is 4.90 Å². The Hall–Kier alpha value is -0.580. The van der Waals surface area contributed by atoms with E-state index in [2.05, 4.69) is 37.9 Å². The fraction of sp³-hybridized carbons (Fsp3) is 0.625. The Bertz CT molecular complexity index is 466. The molecule has 2 fully saturated rings. The summed E-state index contributed by atoms with van der Waals surface area (Å²) in [7, 11) is 0. The van der Waals surface area contributed by atoms with E-state index in [0.717, 1.165) is 29.0 Å². The molecule has 1 saturated carbocycles. The van der Waals surface area contributed by atoms with Gasteiger partial charge in [-0.2, -0.15) is 0 Å². The van der Waals surface area contributed by atoms with Crippen LogP contribution in [0, 0.1) is 5.92 Å². The fourth-order valence-corrected chi connectivity index (χ4v) is 3.60. The van der Waals surface area contributed by atoms with E-state index in [1.807, 2.05) is 6.07 Å². The van der Waals surface area contributed by atoms with Crippen LogP contribution in [0.25, 0.3) is 0 Å². The van der Waals surface area contributed by atoms with Gasteiger partial charge in [0.2, 0.25) is 0 Å². The highest BCUT2D eigenvalue weighted by Gasteiger charge is 2.26. The number of nitrogens with zero attached hydrogens (tertiary/aromatic N) is 2. The van der Waals surface area contributed by atoms with Gasteiger partial charge in [0.1, 0.15) is 0 Å². The molecule has 1 saturated heterocycles. The van der Waals surface area contributed by atoms with E-state index >= 15 is 0 Å². The first-order valence-electron chi connectivity index (χ1n) is 7.58. The van der Waals surface area contributed by atoms with Crippen molar-refractivity contribution in [3.8, 4) is 0 Å². The van der Waals surface area contributed by atoms with E-state index in [4.69, 9.17) is 0 Å². The van der Waals surface area contributed by atoms with Crippen LogP contribution in [0.4, 0.5) is 5.69 Å². The molecule has 1 aliphatic heterocycles. The highest BCUT2D eigenvalue weighted by molar-refractivity contribution is 9.10. The zero-order valence-electron chi connectivity index (χ0n) is 12.1. The number of halogens is 1. The van der Waals surface area contributed by atoms with E-state index in [1.165, 1.54) is 38.2 Å². The van der Waals surface area contributed by atoms with Crippen molar-refractivity contribution in [1.82, 2.24) is 4.90 Å². The second kappa shape index (κ2) is 6.04. The van der Waals surface area contributed by atoms with Crippen LogP contribution in [0.5, 0.6) is 0 Å². The number of piperazine rings is 1. The molecular weight excluding hydrogens is 316 g/mol. The van der Waals surface area contributed by atoms with Crippen LogP contribution >= 0.6 is 15.9 Å². The van der Waals surface area contributed by atoms with Crippen molar-refractivity contribution < 1.29 is 5.11 Å². The third-order valence-electron chi connectivity index (χ3n) is 4.38. The van der Waals surface area contributed by atoms with Crippen LogP contribution in [-0.4, -0.2) is 42.7 Å². The van der Waals surface area contributed by atoms with Gasteiger partial charge in [-0.1, -0.05) is 22.0 Å². The number of hydrogen-bond acceptors (Lipinski definition) is 3. The minimum Gasteiger partial charge on any atom is -0.389 e. The average Bonchev–Trinajstić information content (AvgIpc) is 3.23. The van der Waals surface area contributed by atoms with Crippen molar-refractivity contribution in [1.29, 1.82) is 0 Å². The average molecular weight is 339 g/mol. The number of benzene rings is 1. The summed E-state index contributed by atoms with van der Waals surface area (Å²) >= 11 is 3.57. The summed E-state index contributed by atoms with van der Waals surface area (Å²) in [4.78, 5) is 5.05. The monoisotopic (exact) mass is 338 g/mol. The molecule has 0 bridgehead atoms. The van der Waals surface area contributed by atoms with Gasteiger partial charge < -0.3 is 10.0 Å².